The lowest BCUT2D eigenvalue weighted by Crippen LogP contribution is -3.00. The molecule has 1 aromatic heterocycles. The number of rotatable bonds is 3. The number of H-pyrrole nitrogens is 1. The van der Waals surface area contributed by atoms with Gasteiger partial charge in [-0.25, -0.2) is 9.78 Å². The highest BCUT2D eigenvalue weighted by Crippen LogP contribution is 1.96. The number of nitrogens with one attached hydrogen (secondary N) is 1. The highest BCUT2D eigenvalue weighted by Gasteiger charge is 2.16. The lowest BCUT2D eigenvalue weighted by Gasteiger charge is -1.99. The Morgan fingerprint density at radius 3 is 2.64 bits per heavy atom. The number of aliphatic carboxylic acids is 1. The molecule has 0 saturated carbocycles. The summed E-state index contributed by atoms with van der Waals surface area (Å²) in [6.07, 6.45) is 4.02. The largest absolute Gasteiger partial charge is 1.00 e. The van der Waals surface area contributed by atoms with E-state index in [1.165, 1.54) is 0 Å². The van der Waals surface area contributed by atoms with E-state index in [0.717, 1.165) is 5.56 Å². The van der Waals surface area contributed by atoms with E-state index in [9.17, 15) is 4.79 Å². The molecule has 0 radical (unpaired) electrons. The Balaban J connectivity index is 0. The van der Waals surface area contributed by atoms with Crippen LogP contribution in [0.4, 0.5) is 0 Å². The molecule has 4 nitrogen and oxygen atoms in total. The monoisotopic (exact) mass is 238 g/mol. The molecule has 0 aliphatic carbocycles. The fraction of sp³-hybridized carbons (Fsp3) is 0.250. The Kier molecular flexibility index (Phi) is 8.43. The van der Waals surface area contributed by atoms with Crippen LogP contribution in [0.15, 0.2) is 24.5 Å². The molecule has 0 fully saturated rings. The van der Waals surface area contributed by atoms with Crippen molar-refractivity contribution in [1.82, 2.24) is 0 Å². The zero-order valence-corrected chi connectivity index (χ0v) is 8.92. The number of quaternary nitrogens is 1. The zero-order chi connectivity index (χ0) is 8.97. The lowest BCUT2D eigenvalue weighted by atomic mass is 10.1. The molecule has 0 aliphatic heterocycles. The first-order chi connectivity index (χ1) is 5.70. The van der Waals surface area contributed by atoms with E-state index < -0.39 is 12.0 Å². The summed E-state index contributed by atoms with van der Waals surface area (Å²) in [5, 5.41) is 8.57. The lowest BCUT2D eigenvalue weighted by molar-refractivity contribution is -0.408. The molecule has 1 atom stereocenters. The van der Waals surface area contributed by atoms with Crippen LogP contribution in [-0.2, 0) is 11.2 Å². The van der Waals surface area contributed by atoms with Gasteiger partial charge in [-0.05, 0) is 6.07 Å². The van der Waals surface area contributed by atoms with Crippen molar-refractivity contribution >= 4 is 5.97 Å². The fourth-order valence-electron chi connectivity index (χ4n) is 0.929. The van der Waals surface area contributed by atoms with Crippen LogP contribution in [0.25, 0.3) is 0 Å². The Morgan fingerprint density at radius 2 is 2.21 bits per heavy atom. The fourth-order valence-corrected chi connectivity index (χ4v) is 0.929. The first kappa shape index (κ1) is 15.6. The van der Waals surface area contributed by atoms with Crippen LogP contribution in [0, 0.1) is 0 Å². The zero-order valence-electron chi connectivity index (χ0n) is 7.41. The minimum Gasteiger partial charge on any atom is -1.00 e. The number of halogens is 2. The Morgan fingerprint density at radius 1 is 1.57 bits per heavy atom. The maximum atomic E-state index is 10.4. The molecule has 80 valence electrons. The van der Waals surface area contributed by atoms with Crippen molar-refractivity contribution in [2.45, 2.75) is 12.5 Å². The average Bonchev–Trinajstić information content (AvgIpc) is 2.06. The van der Waals surface area contributed by atoms with Crippen LogP contribution in [0.5, 0.6) is 0 Å². The van der Waals surface area contributed by atoms with E-state index in [0.29, 0.717) is 6.42 Å². The SMILES string of the molecule is [Cl-].[Cl-].[NH3+][C@@H](Cc1ccc[nH+]c1)C(=O)O. The van der Waals surface area contributed by atoms with Crippen LogP contribution in [0.3, 0.4) is 0 Å². The normalized spacial score (nSPS) is 10.6. The minimum absolute atomic E-state index is 0. The number of carbonyl (C=O) groups is 1. The van der Waals surface area contributed by atoms with Gasteiger partial charge in [-0.15, -0.1) is 0 Å². The van der Waals surface area contributed by atoms with E-state index in [2.05, 4.69) is 10.7 Å². The molecule has 0 saturated heterocycles. The van der Waals surface area contributed by atoms with Crippen molar-refractivity contribution in [2.24, 2.45) is 0 Å². The molecule has 6 heteroatoms. The van der Waals surface area contributed by atoms with Gasteiger partial charge in [0, 0.05) is 18.1 Å². The van der Waals surface area contributed by atoms with Gasteiger partial charge >= 0.3 is 5.97 Å². The summed E-state index contributed by atoms with van der Waals surface area (Å²) in [7, 11) is 0. The molecular formula is C8H12Cl2N2O2. The van der Waals surface area contributed by atoms with Crippen molar-refractivity contribution in [3.63, 3.8) is 0 Å². The number of carboxylic acid groups (broad SMARTS) is 1. The Hall–Kier alpha value is -0.840. The molecule has 5 N–H and O–H groups in total. The number of hydrogen-bond acceptors (Lipinski definition) is 1. The third-order valence-corrected chi connectivity index (χ3v) is 1.60. The van der Waals surface area contributed by atoms with Crippen LogP contribution in [0.1, 0.15) is 5.56 Å². The number of hydrogen-bond donors (Lipinski definition) is 2. The van der Waals surface area contributed by atoms with Crippen LogP contribution < -0.4 is 35.5 Å². The average molecular weight is 239 g/mol. The molecule has 14 heavy (non-hydrogen) atoms. The summed E-state index contributed by atoms with van der Waals surface area (Å²) in [5.74, 6) is -0.862. The number of aromatic nitrogens is 1. The second-order valence-corrected chi connectivity index (χ2v) is 2.65. The van der Waals surface area contributed by atoms with Crippen molar-refractivity contribution < 1.29 is 45.4 Å². The summed E-state index contributed by atoms with van der Waals surface area (Å²) >= 11 is 0. The molecule has 0 aliphatic rings. The van der Waals surface area contributed by atoms with E-state index in [4.69, 9.17) is 5.11 Å². The smallest absolute Gasteiger partial charge is 0.362 e. The highest BCUT2D eigenvalue weighted by atomic mass is 35.5. The van der Waals surface area contributed by atoms with Crippen LogP contribution in [0.2, 0.25) is 0 Å². The second kappa shape index (κ2) is 7.55. The molecule has 0 unspecified atom stereocenters. The van der Waals surface area contributed by atoms with Crippen LogP contribution in [-0.4, -0.2) is 17.1 Å². The summed E-state index contributed by atoms with van der Waals surface area (Å²) in [6, 6.07) is 3.14. The van der Waals surface area contributed by atoms with E-state index in [1.54, 1.807) is 12.4 Å². The van der Waals surface area contributed by atoms with Gasteiger partial charge in [-0.3, -0.25) is 0 Å². The summed E-state index contributed by atoms with van der Waals surface area (Å²) in [4.78, 5) is 13.3. The van der Waals surface area contributed by atoms with Crippen LogP contribution >= 0.6 is 0 Å². The maximum absolute atomic E-state index is 10.4. The quantitative estimate of drug-likeness (QED) is 0.549. The summed E-state index contributed by atoms with van der Waals surface area (Å²) in [6.45, 7) is 0. The van der Waals surface area contributed by atoms with Gasteiger partial charge in [0.1, 0.15) is 0 Å². The van der Waals surface area contributed by atoms with Gasteiger partial charge in [0.25, 0.3) is 0 Å². The van der Waals surface area contributed by atoms with Crippen molar-refractivity contribution in [3.05, 3.63) is 30.1 Å². The Bertz CT molecular complexity index is 269. The van der Waals surface area contributed by atoms with E-state index in [1.807, 2.05) is 12.1 Å². The predicted molar refractivity (Wildman–Crippen MR) is 41.0 cm³/mol. The topological polar surface area (TPSA) is 79.1 Å². The standard InChI is InChI=1S/C8H10N2O2.2ClH/c9-7(8(11)12)4-6-2-1-3-10-5-6;;/h1-3,5,7H,4,9H2,(H,11,12);2*1H/t7-;;/m0../s1. The third kappa shape index (κ3) is 5.01. The van der Waals surface area contributed by atoms with E-state index in [-0.39, 0.29) is 24.8 Å². The highest BCUT2D eigenvalue weighted by molar-refractivity contribution is 5.71. The molecule has 1 rings (SSSR count). The number of carboxylic acids is 1. The predicted octanol–water partition coefficient (Wildman–Crippen LogP) is -7.25. The van der Waals surface area contributed by atoms with E-state index >= 15 is 0 Å². The summed E-state index contributed by atoms with van der Waals surface area (Å²) < 4.78 is 0. The molecule has 0 amide bonds. The van der Waals surface area contributed by atoms with Gasteiger partial charge in [0.05, 0.1) is 0 Å². The molecule has 0 spiro atoms. The van der Waals surface area contributed by atoms with Crippen molar-refractivity contribution in [3.8, 4) is 0 Å². The molecule has 0 aromatic carbocycles. The second-order valence-electron chi connectivity index (χ2n) is 2.65. The molecular weight excluding hydrogens is 227 g/mol. The molecule has 1 heterocycles. The van der Waals surface area contributed by atoms with Gasteiger partial charge < -0.3 is 35.7 Å². The third-order valence-electron chi connectivity index (χ3n) is 1.60. The van der Waals surface area contributed by atoms with Gasteiger partial charge in [0.2, 0.25) is 0 Å². The molecule has 1 aromatic rings. The number of pyridine rings is 1. The first-order valence-corrected chi connectivity index (χ1v) is 3.71. The number of aromatic amines is 1. The molecule has 0 bridgehead atoms. The summed E-state index contributed by atoms with van der Waals surface area (Å²) in [5.41, 5.74) is 4.48. The van der Waals surface area contributed by atoms with Gasteiger partial charge in [-0.2, -0.15) is 0 Å². The van der Waals surface area contributed by atoms with Crippen molar-refractivity contribution in [2.75, 3.05) is 0 Å². The van der Waals surface area contributed by atoms with Gasteiger partial charge in [-0.1, -0.05) is 0 Å². The van der Waals surface area contributed by atoms with Crippen molar-refractivity contribution in [1.29, 1.82) is 0 Å². The maximum Gasteiger partial charge on any atom is 0.362 e. The first-order valence-electron chi connectivity index (χ1n) is 3.71. The van der Waals surface area contributed by atoms with Gasteiger partial charge in [0.15, 0.2) is 18.4 Å². The Labute approximate surface area is 94.3 Å². The minimum atomic E-state index is -0.862.